The smallest absolute Gasteiger partial charge is 0.227 e. The summed E-state index contributed by atoms with van der Waals surface area (Å²) in [4.78, 5) is 13.7. The largest absolute Gasteiger partial charge is 0.312 e. The number of halogens is 1. The zero-order valence-corrected chi connectivity index (χ0v) is 10.8. The number of anilines is 1. The first-order valence-electron chi connectivity index (χ1n) is 5.12. The van der Waals surface area contributed by atoms with Crippen LogP contribution in [-0.2, 0) is 4.79 Å². The van der Waals surface area contributed by atoms with E-state index in [1.165, 1.54) is 0 Å². The molecule has 0 heterocycles. The number of para-hydroxylation sites is 1. The Bertz CT molecular complexity index is 338. The third-order valence-electron chi connectivity index (χ3n) is 2.33. The van der Waals surface area contributed by atoms with Gasteiger partial charge in [0.05, 0.1) is 0 Å². The van der Waals surface area contributed by atoms with Gasteiger partial charge in [0.1, 0.15) is 0 Å². The van der Waals surface area contributed by atoms with Gasteiger partial charge in [-0.1, -0.05) is 34.1 Å². The van der Waals surface area contributed by atoms with Crippen LogP contribution in [0.1, 0.15) is 18.9 Å². The van der Waals surface area contributed by atoms with Crippen LogP contribution in [-0.4, -0.2) is 17.8 Å². The second-order valence-electron chi connectivity index (χ2n) is 3.36. The molecule has 0 spiro atoms. The van der Waals surface area contributed by atoms with Crippen LogP contribution in [0.2, 0.25) is 0 Å². The Kier molecular flexibility index (Phi) is 4.82. The lowest BCUT2D eigenvalue weighted by Crippen LogP contribution is -2.31. The lowest BCUT2D eigenvalue weighted by atomic mass is 10.1. The zero-order chi connectivity index (χ0) is 11.3. The summed E-state index contributed by atoms with van der Waals surface area (Å²) in [5.74, 6) is 0.170. The Morgan fingerprint density at radius 1 is 1.40 bits per heavy atom. The van der Waals surface area contributed by atoms with E-state index in [1.807, 2.05) is 43.0 Å². The van der Waals surface area contributed by atoms with Crippen molar-refractivity contribution in [2.45, 2.75) is 20.3 Å². The van der Waals surface area contributed by atoms with Crippen LogP contribution in [0.3, 0.4) is 0 Å². The fourth-order valence-corrected chi connectivity index (χ4v) is 1.90. The van der Waals surface area contributed by atoms with E-state index in [0.717, 1.165) is 17.8 Å². The van der Waals surface area contributed by atoms with Gasteiger partial charge in [0.15, 0.2) is 0 Å². The van der Waals surface area contributed by atoms with E-state index in [4.69, 9.17) is 0 Å². The molecule has 1 rings (SSSR count). The summed E-state index contributed by atoms with van der Waals surface area (Å²) >= 11 is 3.29. The summed E-state index contributed by atoms with van der Waals surface area (Å²) in [6.45, 7) is 4.74. The Labute approximate surface area is 99.4 Å². The van der Waals surface area contributed by atoms with Gasteiger partial charge >= 0.3 is 0 Å². The van der Waals surface area contributed by atoms with E-state index in [9.17, 15) is 4.79 Å². The van der Waals surface area contributed by atoms with Gasteiger partial charge in [0.25, 0.3) is 0 Å². The fourth-order valence-electron chi connectivity index (χ4n) is 1.56. The van der Waals surface area contributed by atoms with Crippen molar-refractivity contribution in [1.82, 2.24) is 0 Å². The number of hydrogen-bond acceptors (Lipinski definition) is 1. The summed E-state index contributed by atoms with van der Waals surface area (Å²) in [5.41, 5.74) is 2.16. The molecule has 2 nitrogen and oxygen atoms in total. The molecule has 0 N–H and O–H groups in total. The maximum Gasteiger partial charge on any atom is 0.227 e. The minimum Gasteiger partial charge on any atom is -0.312 e. The third kappa shape index (κ3) is 3.06. The number of alkyl halides is 1. The SMILES string of the molecule is CCN(C(=O)CCBr)c1ccccc1C. The predicted octanol–water partition coefficient (Wildman–Crippen LogP) is 3.13. The number of amides is 1. The van der Waals surface area contributed by atoms with Gasteiger partial charge in [-0.15, -0.1) is 0 Å². The lowest BCUT2D eigenvalue weighted by molar-refractivity contribution is -0.118. The molecule has 3 heteroatoms. The van der Waals surface area contributed by atoms with Gasteiger partial charge < -0.3 is 4.90 Å². The highest BCUT2D eigenvalue weighted by atomic mass is 79.9. The van der Waals surface area contributed by atoms with Gasteiger partial charge in [-0.3, -0.25) is 4.79 Å². The Balaban J connectivity index is 2.92. The topological polar surface area (TPSA) is 20.3 Å². The van der Waals surface area contributed by atoms with Crippen LogP contribution in [0.25, 0.3) is 0 Å². The number of carbonyl (C=O) groups is 1. The normalized spacial score (nSPS) is 10.1. The van der Waals surface area contributed by atoms with E-state index in [0.29, 0.717) is 11.8 Å². The molecule has 1 amide bonds. The molecule has 0 aromatic heterocycles. The second kappa shape index (κ2) is 5.91. The standard InChI is InChI=1S/C12H16BrNO/c1-3-14(12(15)8-9-13)11-7-5-4-6-10(11)2/h4-7H,3,8-9H2,1-2H3. The van der Waals surface area contributed by atoms with Crippen molar-refractivity contribution in [2.75, 3.05) is 16.8 Å². The number of carbonyl (C=O) groups excluding carboxylic acids is 1. The fraction of sp³-hybridized carbons (Fsp3) is 0.417. The number of aryl methyl sites for hydroxylation is 1. The molecule has 0 aliphatic carbocycles. The molecular weight excluding hydrogens is 254 g/mol. The second-order valence-corrected chi connectivity index (χ2v) is 4.16. The van der Waals surface area contributed by atoms with E-state index in [-0.39, 0.29) is 5.91 Å². The van der Waals surface area contributed by atoms with Gasteiger partial charge in [-0.05, 0) is 25.5 Å². The molecule has 0 atom stereocenters. The summed E-state index contributed by atoms with van der Waals surface area (Å²) in [5, 5.41) is 0.716. The number of hydrogen-bond donors (Lipinski definition) is 0. The van der Waals surface area contributed by atoms with E-state index < -0.39 is 0 Å². The van der Waals surface area contributed by atoms with Crippen molar-refractivity contribution in [3.8, 4) is 0 Å². The van der Waals surface area contributed by atoms with Crippen LogP contribution < -0.4 is 4.90 Å². The summed E-state index contributed by atoms with van der Waals surface area (Å²) < 4.78 is 0. The molecular formula is C12H16BrNO. The molecule has 0 saturated heterocycles. The number of nitrogens with zero attached hydrogens (tertiary/aromatic N) is 1. The quantitative estimate of drug-likeness (QED) is 0.770. The molecule has 0 aliphatic rings. The number of rotatable bonds is 4. The molecule has 0 fully saturated rings. The van der Waals surface area contributed by atoms with Crippen LogP contribution in [0.15, 0.2) is 24.3 Å². The number of benzene rings is 1. The predicted molar refractivity (Wildman–Crippen MR) is 67.6 cm³/mol. The lowest BCUT2D eigenvalue weighted by Gasteiger charge is -2.22. The van der Waals surface area contributed by atoms with Crippen LogP contribution in [0.5, 0.6) is 0 Å². The van der Waals surface area contributed by atoms with Gasteiger partial charge in [-0.25, -0.2) is 0 Å². The Morgan fingerprint density at radius 3 is 2.60 bits per heavy atom. The molecule has 0 aliphatic heterocycles. The van der Waals surface area contributed by atoms with Gasteiger partial charge in [0, 0.05) is 24.0 Å². The molecule has 0 bridgehead atoms. The van der Waals surface area contributed by atoms with Crippen LogP contribution in [0, 0.1) is 6.92 Å². The molecule has 82 valence electrons. The summed E-state index contributed by atoms with van der Waals surface area (Å²) in [7, 11) is 0. The van der Waals surface area contributed by atoms with Crippen molar-refractivity contribution >= 4 is 27.5 Å². The van der Waals surface area contributed by atoms with Crippen LogP contribution >= 0.6 is 15.9 Å². The van der Waals surface area contributed by atoms with Crippen LogP contribution in [0.4, 0.5) is 5.69 Å². The maximum atomic E-state index is 11.8. The molecule has 15 heavy (non-hydrogen) atoms. The highest BCUT2D eigenvalue weighted by Gasteiger charge is 2.14. The average molecular weight is 270 g/mol. The van der Waals surface area contributed by atoms with Crippen molar-refractivity contribution in [3.05, 3.63) is 29.8 Å². The Hall–Kier alpha value is -0.830. The first-order chi connectivity index (χ1) is 7.20. The molecule has 1 aromatic carbocycles. The summed E-state index contributed by atoms with van der Waals surface area (Å²) in [6, 6.07) is 7.97. The van der Waals surface area contributed by atoms with Gasteiger partial charge in [-0.2, -0.15) is 0 Å². The van der Waals surface area contributed by atoms with Crippen molar-refractivity contribution in [1.29, 1.82) is 0 Å². The minimum absolute atomic E-state index is 0.170. The van der Waals surface area contributed by atoms with E-state index in [2.05, 4.69) is 15.9 Å². The average Bonchev–Trinajstić information content (AvgIpc) is 2.22. The maximum absolute atomic E-state index is 11.8. The molecule has 0 saturated carbocycles. The third-order valence-corrected chi connectivity index (χ3v) is 2.73. The molecule has 0 unspecified atom stereocenters. The highest BCUT2D eigenvalue weighted by Crippen LogP contribution is 2.19. The van der Waals surface area contributed by atoms with E-state index >= 15 is 0 Å². The zero-order valence-electron chi connectivity index (χ0n) is 9.16. The molecule has 1 aromatic rings. The van der Waals surface area contributed by atoms with Crippen molar-refractivity contribution in [3.63, 3.8) is 0 Å². The summed E-state index contributed by atoms with van der Waals surface area (Å²) in [6.07, 6.45) is 0.544. The first-order valence-corrected chi connectivity index (χ1v) is 6.24. The Morgan fingerprint density at radius 2 is 2.07 bits per heavy atom. The van der Waals surface area contributed by atoms with Crippen molar-refractivity contribution in [2.24, 2.45) is 0 Å². The monoisotopic (exact) mass is 269 g/mol. The minimum atomic E-state index is 0.170. The van der Waals surface area contributed by atoms with Crippen molar-refractivity contribution < 1.29 is 4.79 Å². The first kappa shape index (κ1) is 12.2. The van der Waals surface area contributed by atoms with E-state index in [1.54, 1.807) is 0 Å². The van der Waals surface area contributed by atoms with Gasteiger partial charge in [0.2, 0.25) is 5.91 Å². The highest BCUT2D eigenvalue weighted by molar-refractivity contribution is 9.09. The molecule has 0 radical (unpaired) electrons.